The molecule has 0 aliphatic heterocycles. The van der Waals surface area contributed by atoms with Crippen LogP contribution in [0.1, 0.15) is 79.1 Å². The highest BCUT2D eigenvalue weighted by molar-refractivity contribution is 5.71. The van der Waals surface area contributed by atoms with Crippen molar-refractivity contribution in [2.24, 2.45) is 51.8 Å². The van der Waals surface area contributed by atoms with Crippen molar-refractivity contribution >= 4 is 12.3 Å². The molecule has 0 radical (unpaired) electrons. The third-order valence-electron chi connectivity index (χ3n) is 12.8. The van der Waals surface area contributed by atoms with Gasteiger partial charge in [-0.25, -0.2) is 0 Å². The smallest absolute Gasteiger partial charge is 0.302 e. The van der Waals surface area contributed by atoms with Gasteiger partial charge in [0.05, 0.1) is 29.3 Å². The van der Waals surface area contributed by atoms with Crippen LogP contribution in [-0.2, 0) is 14.3 Å². The number of esters is 1. The van der Waals surface area contributed by atoms with Gasteiger partial charge in [-0.15, -0.1) is 0 Å². The summed E-state index contributed by atoms with van der Waals surface area (Å²) in [4.78, 5) is 25.4. The maximum atomic E-state index is 13.3. The molecule has 39 heavy (non-hydrogen) atoms. The predicted molar refractivity (Wildman–Crippen MR) is 144 cm³/mol. The van der Waals surface area contributed by atoms with Gasteiger partial charge in [0, 0.05) is 41.4 Å². The quantitative estimate of drug-likeness (QED) is 0.239. The van der Waals surface area contributed by atoms with E-state index in [2.05, 4.69) is 12.7 Å². The molecular formula is C32H46O7. The fourth-order valence-electron chi connectivity index (χ4n) is 11.4. The van der Waals surface area contributed by atoms with Crippen LogP contribution in [0.3, 0.4) is 0 Å². The van der Waals surface area contributed by atoms with E-state index in [0.717, 1.165) is 43.1 Å². The average molecular weight is 543 g/mol. The normalized spacial score (nSPS) is 52.1. The molecule has 0 aromatic carbocycles. The SMILES string of the molecule is C=C(C)[C@@H]1CC[C@H]([C@@H]2CC[C@H]3C2=C[C@@]2(C=O)[C@H]4CC[C@]2([C@@H]3O)[C@H](O)[C@@]42CC[C@@H](C(C)(C)O)[C@H]2O)[C@@H]1OC(C)=O. The van der Waals surface area contributed by atoms with Gasteiger partial charge in [0.25, 0.3) is 0 Å². The summed E-state index contributed by atoms with van der Waals surface area (Å²) in [6.45, 7) is 11.0. The molecule has 4 N–H and O–H groups in total. The standard InChI is InChI=1S/C32H46O7/c1-16(2)18-6-8-20(25(18)39-17(3)34)19-7-9-21-22(19)14-30(15-33)24-11-13-32(30,26(21)35)28(37)31(24)12-10-23(27(31)36)29(4,5)38/h14-15,18-21,23-28,35-38H,1,6-13H2,2-5H3/t18-,19-,20+,21-,23+,24+,25+,26+,27+,28+,30+,31-,32-/m0/s1. The Balaban J connectivity index is 1.43. The van der Waals surface area contributed by atoms with Crippen LogP contribution in [0.5, 0.6) is 0 Å². The lowest BCUT2D eigenvalue weighted by atomic mass is 9.55. The monoisotopic (exact) mass is 542 g/mol. The Morgan fingerprint density at radius 2 is 1.72 bits per heavy atom. The van der Waals surface area contributed by atoms with Crippen LogP contribution in [0.2, 0.25) is 0 Å². The van der Waals surface area contributed by atoms with Gasteiger partial charge in [0.1, 0.15) is 12.4 Å². The minimum atomic E-state index is -1.12. The number of aliphatic hydroxyl groups is 4. The van der Waals surface area contributed by atoms with E-state index in [1.165, 1.54) is 6.92 Å². The fourth-order valence-corrected chi connectivity index (χ4v) is 11.4. The first kappa shape index (κ1) is 27.6. The number of fused-ring (bicyclic) bond motifs is 2. The van der Waals surface area contributed by atoms with Crippen LogP contribution < -0.4 is 0 Å². The lowest BCUT2D eigenvalue weighted by molar-refractivity contribution is -0.170. The first-order valence-electron chi connectivity index (χ1n) is 15.1. The van der Waals surface area contributed by atoms with E-state index in [1.807, 2.05) is 6.92 Å². The van der Waals surface area contributed by atoms with Gasteiger partial charge in [-0.05, 0) is 84.0 Å². The van der Waals surface area contributed by atoms with E-state index >= 15 is 0 Å². The summed E-state index contributed by atoms with van der Waals surface area (Å²) >= 11 is 0. The van der Waals surface area contributed by atoms with Crippen LogP contribution in [0, 0.1) is 51.8 Å². The Hall–Kier alpha value is -1.54. The number of rotatable bonds is 5. The molecule has 6 aliphatic rings. The van der Waals surface area contributed by atoms with E-state index in [1.54, 1.807) is 13.8 Å². The lowest BCUT2D eigenvalue weighted by Crippen LogP contribution is -2.59. The molecule has 7 nitrogen and oxygen atoms in total. The predicted octanol–water partition coefficient (Wildman–Crippen LogP) is 3.33. The lowest BCUT2D eigenvalue weighted by Gasteiger charge is -2.51. The summed E-state index contributed by atoms with van der Waals surface area (Å²) in [6.07, 6.45) is 5.61. The molecule has 5 fully saturated rings. The minimum Gasteiger partial charge on any atom is -0.462 e. The minimum absolute atomic E-state index is 0.0817. The van der Waals surface area contributed by atoms with Crippen molar-refractivity contribution in [1.82, 2.24) is 0 Å². The van der Waals surface area contributed by atoms with Crippen molar-refractivity contribution in [2.45, 2.75) is 109 Å². The largest absolute Gasteiger partial charge is 0.462 e. The molecule has 5 saturated carbocycles. The molecule has 7 heteroatoms. The average Bonchev–Trinajstić information content (AvgIpc) is 3.62. The second kappa shape index (κ2) is 8.73. The van der Waals surface area contributed by atoms with E-state index in [4.69, 9.17) is 4.74 Å². The number of carbonyl (C=O) groups excluding carboxylic acids is 2. The highest BCUT2D eigenvalue weighted by Gasteiger charge is 2.83. The van der Waals surface area contributed by atoms with E-state index in [-0.39, 0.29) is 41.7 Å². The molecule has 216 valence electrons. The zero-order valence-corrected chi connectivity index (χ0v) is 23.8. The molecular weight excluding hydrogens is 496 g/mol. The van der Waals surface area contributed by atoms with Crippen LogP contribution in [0.25, 0.3) is 0 Å². The van der Waals surface area contributed by atoms with Gasteiger partial charge in [-0.1, -0.05) is 23.8 Å². The summed E-state index contributed by atoms with van der Waals surface area (Å²) in [7, 11) is 0. The van der Waals surface area contributed by atoms with Crippen molar-refractivity contribution < 1.29 is 34.8 Å². The number of aliphatic hydroxyl groups excluding tert-OH is 3. The van der Waals surface area contributed by atoms with Gasteiger partial charge in [-0.2, -0.15) is 0 Å². The topological polar surface area (TPSA) is 124 Å². The molecule has 0 aromatic rings. The maximum absolute atomic E-state index is 13.3. The Bertz CT molecular complexity index is 1110. The van der Waals surface area contributed by atoms with Crippen LogP contribution in [0.4, 0.5) is 0 Å². The molecule has 1 spiro atoms. The number of hydrogen-bond donors (Lipinski definition) is 4. The van der Waals surface area contributed by atoms with E-state index in [0.29, 0.717) is 25.7 Å². The van der Waals surface area contributed by atoms with Crippen molar-refractivity contribution in [3.05, 3.63) is 23.8 Å². The van der Waals surface area contributed by atoms with Crippen molar-refractivity contribution in [3.63, 3.8) is 0 Å². The molecule has 6 rings (SSSR count). The number of allylic oxidation sites excluding steroid dienone is 1. The third kappa shape index (κ3) is 3.25. The molecule has 13 atom stereocenters. The van der Waals surface area contributed by atoms with Crippen LogP contribution in [0.15, 0.2) is 23.8 Å². The summed E-state index contributed by atoms with van der Waals surface area (Å²) in [5, 5.41) is 46.9. The van der Waals surface area contributed by atoms with Gasteiger partial charge >= 0.3 is 5.97 Å². The third-order valence-corrected chi connectivity index (χ3v) is 12.8. The molecule has 0 heterocycles. The molecule has 2 bridgehead atoms. The Morgan fingerprint density at radius 1 is 1.03 bits per heavy atom. The Kier molecular flexibility index (Phi) is 6.18. The van der Waals surface area contributed by atoms with Crippen LogP contribution in [-0.4, -0.2) is 62.7 Å². The van der Waals surface area contributed by atoms with Gasteiger partial charge in [-0.3, -0.25) is 4.79 Å². The number of ether oxygens (including phenoxy) is 1. The molecule has 6 aliphatic carbocycles. The number of hydrogen-bond acceptors (Lipinski definition) is 7. The van der Waals surface area contributed by atoms with Crippen LogP contribution >= 0.6 is 0 Å². The molecule has 0 amide bonds. The molecule has 0 unspecified atom stereocenters. The van der Waals surface area contributed by atoms with Gasteiger partial charge < -0.3 is 30.0 Å². The second-order valence-corrected chi connectivity index (χ2v) is 14.6. The highest BCUT2D eigenvalue weighted by atomic mass is 16.5. The molecule has 0 aromatic heterocycles. The van der Waals surface area contributed by atoms with Crippen molar-refractivity contribution in [3.8, 4) is 0 Å². The van der Waals surface area contributed by atoms with Crippen molar-refractivity contribution in [1.29, 1.82) is 0 Å². The maximum Gasteiger partial charge on any atom is 0.302 e. The zero-order chi connectivity index (χ0) is 28.3. The van der Waals surface area contributed by atoms with E-state index in [9.17, 15) is 30.0 Å². The Morgan fingerprint density at radius 3 is 2.31 bits per heavy atom. The fraction of sp³-hybridized carbons (Fsp3) is 0.812. The van der Waals surface area contributed by atoms with Gasteiger partial charge in [0.2, 0.25) is 0 Å². The number of aldehydes is 1. The summed E-state index contributed by atoms with van der Waals surface area (Å²) in [6, 6.07) is 0. The zero-order valence-electron chi connectivity index (χ0n) is 23.8. The summed E-state index contributed by atoms with van der Waals surface area (Å²) < 4.78 is 5.90. The van der Waals surface area contributed by atoms with Gasteiger partial charge in [0.15, 0.2) is 0 Å². The second-order valence-electron chi connectivity index (χ2n) is 14.6. The number of carbonyl (C=O) groups is 2. The van der Waals surface area contributed by atoms with Crippen molar-refractivity contribution in [2.75, 3.05) is 0 Å². The summed E-state index contributed by atoms with van der Waals surface area (Å²) in [5.41, 5.74) is -2.07. The van der Waals surface area contributed by atoms with E-state index < -0.39 is 46.1 Å². The first-order chi connectivity index (χ1) is 18.3. The highest BCUT2D eigenvalue weighted by Crippen LogP contribution is 2.80. The Labute approximate surface area is 231 Å². The molecule has 0 saturated heterocycles. The summed E-state index contributed by atoms with van der Waals surface area (Å²) in [5.74, 6) is -0.919. The first-order valence-corrected chi connectivity index (χ1v) is 15.1.